The number of hydrogen-bond donors (Lipinski definition) is 4. The van der Waals surface area contributed by atoms with Crippen molar-refractivity contribution in [1.29, 1.82) is 0 Å². The lowest BCUT2D eigenvalue weighted by atomic mass is 9.77. The Labute approximate surface area is 147 Å². The topological polar surface area (TPSA) is 107 Å². The lowest BCUT2D eigenvalue weighted by Crippen LogP contribution is -2.55. The van der Waals surface area contributed by atoms with Gasteiger partial charge in [0.2, 0.25) is 0 Å². The van der Waals surface area contributed by atoms with Gasteiger partial charge in [-0.25, -0.2) is 0 Å². The zero-order chi connectivity index (χ0) is 17.7. The van der Waals surface area contributed by atoms with Crippen molar-refractivity contribution in [1.82, 2.24) is 0 Å². The van der Waals surface area contributed by atoms with E-state index in [0.717, 1.165) is 12.2 Å². The predicted octanol–water partition coefficient (Wildman–Crippen LogP) is 1.59. The minimum atomic E-state index is -1.35. The minimum Gasteiger partial charge on any atom is -0.480 e. The average molecular weight is 355 g/mol. The Morgan fingerprint density at radius 3 is 2.58 bits per heavy atom. The quantitative estimate of drug-likeness (QED) is 0.417. The summed E-state index contributed by atoms with van der Waals surface area (Å²) in [6, 6.07) is 7.48. The first-order valence-electron chi connectivity index (χ1n) is 8.22. The van der Waals surface area contributed by atoms with Crippen LogP contribution in [0.25, 0.3) is 0 Å². The Morgan fingerprint density at radius 1 is 1.33 bits per heavy atom. The van der Waals surface area contributed by atoms with Crippen LogP contribution in [0.3, 0.4) is 0 Å². The normalized spacial score (nSPS) is 20.0. The van der Waals surface area contributed by atoms with Gasteiger partial charge in [0.15, 0.2) is 0 Å². The number of nitrogens with two attached hydrogens (primary N) is 1. The van der Waals surface area contributed by atoms with Crippen LogP contribution in [0.1, 0.15) is 25.7 Å². The van der Waals surface area contributed by atoms with Crippen molar-refractivity contribution >= 4 is 30.4 Å². The molecule has 1 saturated heterocycles. The number of halogens is 1. The van der Waals surface area contributed by atoms with Crippen LogP contribution in [0.4, 0.5) is 5.69 Å². The Hall–Kier alpha value is -1.28. The third-order valence-corrected chi connectivity index (χ3v) is 5.06. The van der Waals surface area contributed by atoms with E-state index in [-0.39, 0.29) is 12.2 Å². The van der Waals surface area contributed by atoms with Crippen molar-refractivity contribution in [3.63, 3.8) is 0 Å². The molecular weight excluding hydrogens is 330 g/mol. The molecule has 0 aromatic heterocycles. The molecule has 132 valence electrons. The predicted molar refractivity (Wildman–Crippen MR) is 95.2 cm³/mol. The number of benzene rings is 1. The van der Waals surface area contributed by atoms with Crippen LogP contribution in [0.15, 0.2) is 24.3 Å². The molecular formula is C16H24BClN2O4. The molecule has 1 aliphatic rings. The van der Waals surface area contributed by atoms with E-state index in [1.54, 1.807) is 0 Å². The molecule has 0 radical (unpaired) electrons. The third kappa shape index (κ3) is 4.63. The zero-order valence-electron chi connectivity index (χ0n) is 13.6. The molecule has 1 fully saturated rings. The van der Waals surface area contributed by atoms with Gasteiger partial charge in [-0.15, -0.1) is 0 Å². The molecule has 1 aliphatic heterocycles. The van der Waals surface area contributed by atoms with Crippen LogP contribution in [0.5, 0.6) is 0 Å². The fraction of sp³-hybridized carbons (Fsp3) is 0.562. The molecule has 0 unspecified atom stereocenters. The number of nitrogens with zero attached hydrogens (tertiary/aromatic N) is 1. The second-order valence-electron chi connectivity index (χ2n) is 6.48. The number of carboxylic acids is 1. The Balaban J connectivity index is 1.98. The molecule has 0 saturated carbocycles. The van der Waals surface area contributed by atoms with Gasteiger partial charge < -0.3 is 25.8 Å². The molecule has 1 aromatic rings. The third-order valence-electron chi connectivity index (χ3n) is 4.81. The maximum absolute atomic E-state index is 11.8. The fourth-order valence-corrected chi connectivity index (χ4v) is 3.42. The van der Waals surface area contributed by atoms with E-state index < -0.39 is 18.6 Å². The monoisotopic (exact) mass is 354 g/mol. The van der Waals surface area contributed by atoms with E-state index in [4.69, 9.17) is 27.4 Å². The first-order valence-corrected chi connectivity index (χ1v) is 8.59. The van der Waals surface area contributed by atoms with Gasteiger partial charge in [0.05, 0.1) is 0 Å². The number of carboxylic acid groups (broad SMARTS) is 1. The Kier molecular flexibility index (Phi) is 6.51. The lowest BCUT2D eigenvalue weighted by Gasteiger charge is -2.31. The molecule has 0 aliphatic carbocycles. The SMILES string of the molecule is N[C@](CCCCB(O)O)(C(=O)O)[C@H]1CCN(c2ccc(Cl)cc2)C1. The molecule has 0 spiro atoms. The molecule has 8 heteroatoms. The summed E-state index contributed by atoms with van der Waals surface area (Å²) >= 11 is 5.90. The van der Waals surface area contributed by atoms with Crippen molar-refractivity contribution in [2.24, 2.45) is 11.7 Å². The summed E-state index contributed by atoms with van der Waals surface area (Å²) in [4.78, 5) is 13.9. The second kappa shape index (κ2) is 8.20. The largest absolute Gasteiger partial charge is 0.480 e. The summed E-state index contributed by atoms with van der Waals surface area (Å²) < 4.78 is 0. The second-order valence-corrected chi connectivity index (χ2v) is 6.92. The molecule has 24 heavy (non-hydrogen) atoms. The Morgan fingerprint density at radius 2 is 2.00 bits per heavy atom. The molecule has 0 amide bonds. The van der Waals surface area contributed by atoms with Crippen LogP contribution in [-0.2, 0) is 4.79 Å². The van der Waals surface area contributed by atoms with Crippen LogP contribution in [-0.4, -0.2) is 46.9 Å². The molecule has 2 rings (SSSR count). The summed E-state index contributed by atoms with van der Waals surface area (Å²) in [7, 11) is -1.35. The van der Waals surface area contributed by atoms with Crippen molar-refractivity contribution in [2.45, 2.75) is 37.5 Å². The molecule has 2 atom stereocenters. The van der Waals surface area contributed by atoms with Gasteiger partial charge in [0.25, 0.3) is 0 Å². The van der Waals surface area contributed by atoms with E-state index in [2.05, 4.69) is 4.90 Å². The number of rotatable bonds is 8. The van der Waals surface area contributed by atoms with E-state index in [9.17, 15) is 9.90 Å². The number of unbranched alkanes of at least 4 members (excludes halogenated alkanes) is 1. The molecule has 6 nitrogen and oxygen atoms in total. The highest BCUT2D eigenvalue weighted by atomic mass is 35.5. The highest BCUT2D eigenvalue weighted by molar-refractivity contribution is 6.40. The number of aliphatic carboxylic acids is 1. The van der Waals surface area contributed by atoms with Crippen molar-refractivity contribution < 1.29 is 19.9 Å². The standard InChI is InChI=1S/C16H24BClN2O4/c18-13-3-5-14(6-4-13)20-10-7-12(11-20)16(19,15(21)22)8-1-2-9-17(23)24/h3-6,12,23-24H,1-2,7-11,19H2,(H,21,22)/t12-,16-/m0/s1. The number of carbonyl (C=O) groups is 1. The van der Waals surface area contributed by atoms with E-state index >= 15 is 0 Å². The fourth-order valence-electron chi connectivity index (χ4n) is 3.30. The van der Waals surface area contributed by atoms with Gasteiger partial charge in [0, 0.05) is 29.7 Å². The van der Waals surface area contributed by atoms with Gasteiger partial charge >= 0.3 is 13.1 Å². The summed E-state index contributed by atoms with van der Waals surface area (Å²) in [5.41, 5.74) is 5.98. The highest BCUT2D eigenvalue weighted by Crippen LogP contribution is 2.33. The number of anilines is 1. The van der Waals surface area contributed by atoms with Gasteiger partial charge in [-0.3, -0.25) is 4.79 Å². The smallest absolute Gasteiger partial charge is 0.451 e. The van der Waals surface area contributed by atoms with Gasteiger partial charge in [-0.2, -0.15) is 0 Å². The minimum absolute atomic E-state index is 0.148. The summed E-state index contributed by atoms with van der Waals surface area (Å²) in [6.07, 6.45) is 2.37. The van der Waals surface area contributed by atoms with Gasteiger partial charge in [0.1, 0.15) is 5.54 Å². The summed E-state index contributed by atoms with van der Waals surface area (Å²) in [5, 5.41) is 28.1. The van der Waals surface area contributed by atoms with Gasteiger partial charge in [-0.1, -0.05) is 24.4 Å². The van der Waals surface area contributed by atoms with E-state index in [1.807, 2.05) is 24.3 Å². The van der Waals surface area contributed by atoms with Crippen LogP contribution >= 0.6 is 11.6 Å². The van der Waals surface area contributed by atoms with Gasteiger partial charge in [-0.05, 0) is 43.4 Å². The van der Waals surface area contributed by atoms with Crippen LogP contribution in [0.2, 0.25) is 11.3 Å². The molecule has 5 N–H and O–H groups in total. The molecule has 0 bridgehead atoms. The molecule has 1 heterocycles. The zero-order valence-corrected chi connectivity index (χ0v) is 14.3. The maximum Gasteiger partial charge on any atom is 0.451 e. The molecule has 1 aromatic carbocycles. The van der Waals surface area contributed by atoms with Crippen molar-refractivity contribution in [3.05, 3.63) is 29.3 Å². The van der Waals surface area contributed by atoms with Crippen molar-refractivity contribution in [3.8, 4) is 0 Å². The maximum atomic E-state index is 11.8. The van der Waals surface area contributed by atoms with Crippen LogP contribution < -0.4 is 10.6 Å². The summed E-state index contributed by atoms with van der Waals surface area (Å²) in [6.45, 7) is 1.35. The highest BCUT2D eigenvalue weighted by Gasteiger charge is 2.44. The first-order chi connectivity index (χ1) is 11.3. The average Bonchev–Trinajstić information content (AvgIpc) is 3.02. The Bertz CT molecular complexity index is 558. The van der Waals surface area contributed by atoms with E-state index in [1.165, 1.54) is 0 Å². The van der Waals surface area contributed by atoms with E-state index in [0.29, 0.717) is 37.3 Å². The first kappa shape index (κ1) is 19.1. The lowest BCUT2D eigenvalue weighted by molar-refractivity contribution is -0.145. The van der Waals surface area contributed by atoms with Crippen LogP contribution in [0, 0.1) is 5.92 Å². The summed E-state index contributed by atoms with van der Waals surface area (Å²) in [5.74, 6) is -1.14. The number of hydrogen-bond acceptors (Lipinski definition) is 5. The van der Waals surface area contributed by atoms with Crippen molar-refractivity contribution in [2.75, 3.05) is 18.0 Å².